The molecule has 0 spiro atoms. The molecule has 0 unspecified atom stereocenters. The number of para-hydroxylation sites is 1. The summed E-state index contributed by atoms with van der Waals surface area (Å²) in [5, 5.41) is 7.47. The Balaban J connectivity index is 1.79. The van der Waals surface area contributed by atoms with Crippen LogP contribution in [-0.4, -0.2) is 31.0 Å². The molecule has 6 nitrogen and oxygen atoms in total. The molecule has 7 heteroatoms. The fourth-order valence-electron chi connectivity index (χ4n) is 1.70. The minimum Gasteiger partial charge on any atom is -0.482 e. The highest BCUT2D eigenvalue weighted by Crippen LogP contribution is 2.11. The van der Waals surface area contributed by atoms with E-state index in [1.165, 1.54) is 7.11 Å². The number of carbonyl (C=O) groups is 1. The zero-order chi connectivity index (χ0) is 17.2. The van der Waals surface area contributed by atoms with E-state index >= 15 is 0 Å². The van der Waals surface area contributed by atoms with Gasteiger partial charge >= 0.3 is 5.97 Å². The summed E-state index contributed by atoms with van der Waals surface area (Å²) in [6.45, 7) is -0.120. The summed E-state index contributed by atoms with van der Waals surface area (Å²) >= 11 is 5.14. The predicted molar refractivity (Wildman–Crippen MR) is 97.3 cm³/mol. The predicted octanol–water partition coefficient (Wildman–Crippen LogP) is 2.56. The van der Waals surface area contributed by atoms with Crippen molar-refractivity contribution in [1.82, 2.24) is 5.43 Å². The van der Waals surface area contributed by atoms with Crippen molar-refractivity contribution in [2.45, 2.75) is 0 Å². The lowest BCUT2D eigenvalue weighted by molar-refractivity contribution is -0.142. The van der Waals surface area contributed by atoms with Crippen LogP contribution in [0.5, 0.6) is 5.75 Å². The van der Waals surface area contributed by atoms with Gasteiger partial charge < -0.3 is 14.8 Å². The third kappa shape index (κ3) is 6.05. The third-order valence-electron chi connectivity index (χ3n) is 2.88. The Hall–Kier alpha value is -2.93. The van der Waals surface area contributed by atoms with Crippen molar-refractivity contribution in [2.75, 3.05) is 19.0 Å². The lowest BCUT2D eigenvalue weighted by Gasteiger charge is -2.06. The van der Waals surface area contributed by atoms with Crippen LogP contribution in [0.4, 0.5) is 5.69 Å². The van der Waals surface area contributed by atoms with Gasteiger partial charge in [0.2, 0.25) is 0 Å². The van der Waals surface area contributed by atoms with Gasteiger partial charge in [-0.05, 0) is 54.2 Å². The molecule has 0 heterocycles. The van der Waals surface area contributed by atoms with Crippen molar-refractivity contribution in [3.63, 3.8) is 0 Å². The maximum Gasteiger partial charge on any atom is 0.343 e. The number of hydrogen-bond donors (Lipinski definition) is 2. The molecule has 0 atom stereocenters. The van der Waals surface area contributed by atoms with E-state index in [1.54, 1.807) is 18.3 Å². The van der Waals surface area contributed by atoms with Gasteiger partial charge in [-0.1, -0.05) is 18.2 Å². The molecule has 0 saturated heterocycles. The average molecular weight is 343 g/mol. The zero-order valence-electron chi connectivity index (χ0n) is 13.1. The van der Waals surface area contributed by atoms with E-state index in [0.717, 1.165) is 11.3 Å². The Labute approximate surface area is 145 Å². The van der Waals surface area contributed by atoms with Gasteiger partial charge in [-0.15, -0.1) is 0 Å². The second-order valence-electron chi connectivity index (χ2n) is 4.62. The Bertz CT molecular complexity index is 703. The van der Waals surface area contributed by atoms with Crippen molar-refractivity contribution in [3.8, 4) is 5.75 Å². The molecule has 2 aromatic rings. The molecular formula is C17H17N3O3S. The summed E-state index contributed by atoms with van der Waals surface area (Å²) in [5.74, 6) is 0.149. The van der Waals surface area contributed by atoms with Gasteiger partial charge in [0.15, 0.2) is 11.7 Å². The average Bonchev–Trinajstić information content (AvgIpc) is 2.61. The fraction of sp³-hybridized carbons (Fsp3) is 0.118. The second-order valence-corrected chi connectivity index (χ2v) is 5.03. The second kappa shape index (κ2) is 9.26. The monoisotopic (exact) mass is 343 g/mol. The molecule has 0 aromatic heterocycles. The van der Waals surface area contributed by atoms with Crippen LogP contribution in [0.15, 0.2) is 59.7 Å². The molecule has 2 N–H and O–H groups in total. The van der Waals surface area contributed by atoms with Crippen molar-refractivity contribution < 1.29 is 14.3 Å². The van der Waals surface area contributed by atoms with Crippen LogP contribution in [0.2, 0.25) is 0 Å². The number of benzene rings is 2. The lowest BCUT2D eigenvalue weighted by atomic mass is 10.2. The summed E-state index contributed by atoms with van der Waals surface area (Å²) < 4.78 is 9.76. The number of ether oxygens (including phenoxy) is 2. The highest BCUT2D eigenvalue weighted by Gasteiger charge is 2.01. The van der Waals surface area contributed by atoms with Gasteiger partial charge in [-0.2, -0.15) is 5.10 Å². The summed E-state index contributed by atoms with van der Waals surface area (Å²) in [6.07, 6.45) is 1.63. The van der Waals surface area contributed by atoms with Gasteiger partial charge in [0.25, 0.3) is 0 Å². The smallest absolute Gasteiger partial charge is 0.343 e. The van der Waals surface area contributed by atoms with E-state index in [-0.39, 0.29) is 6.61 Å². The normalized spacial score (nSPS) is 10.2. The Kier molecular flexibility index (Phi) is 6.73. The van der Waals surface area contributed by atoms with Gasteiger partial charge in [-0.25, -0.2) is 4.79 Å². The molecule has 0 aliphatic heterocycles. The molecule has 24 heavy (non-hydrogen) atoms. The standard InChI is InChI=1S/C17H17N3O3S/c1-22-16(21)12-23-15-9-7-13(8-10-15)11-18-20-17(24)19-14-5-3-2-4-6-14/h2-11H,12H2,1H3,(H2,19,20,24)/b18-11+. The topological polar surface area (TPSA) is 72.0 Å². The number of rotatable bonds is 6. The van der Waals surface area contributed by atoms with E-state index in [2.05, 4.69) is 20.6 Å². The lowest BCUT2D eigenvalue weighted by Crippen LogP contribution is -2.23. The van der Waals surface area contributed by atoms with Crippen LogP contribution in [0.3, 0.4) is 0 Å². The molecule has 0 radical (unpaired) electrons. The van der Waals surface area contributed by atoms with Crippen LogP contribution in [-0.2, 0) is 9.53 Å². The minimum absolute atomic E-state index is 0.120. The number of methoxy groups -OCH3 is 1. The van der Waals surface area contributed by atoms with E-state index < -0.39 is 5.97 Å². The van der Waals surface area contributed by atoms with Crippen LogP contribution in [0.25, 0.3) is 0 Å². The van der Waals surface area contributed by atoms with Crippen LogP contribution < -0.4 is 15.5 Å². The SMILES string of the molecule is COC(=O)COc1ccc(/C=N/NC(=S)Nc2ccccc2)cc1. The van der Waals surface area contributed by atoms with Crippen LogP contribution in [0, 0.1) is 0 Å². The van der Waals surface area contributed by atoms with Gasteiger partial charge in [-0.3, -0.25) is 5.43 Å². The van der Waals surface area contributed by atoms with E-state index in [9.17, 15) is 4.79 Å². The van der Waals surface area contributed by atoms with Crippen molar-refractivity contribution in [3.05, 3.63) is 60.2 Å². The Morgan fingerprint density at radius 1 is 1.17 bits per heavy atom. The molecular weight excluding hydrogens is 326 g/mol. The number of nitrogens with zero attached hydrogens (tertiary/aromatic N) is 1. The number of hydrogen-bond acceptors (Lipinski definition) is 5. The van der Waals surface area contributed by atoms with Crippen LogP contribution in [0.1, 0.15) is 5.56 Å². The molecule has 2 aromatic carbocycles. The molecule has 2 rings (SSSR count). The van der Waals surface area contributed by atoms with E-state index in [4.69, 9.17) is 17.0 Å². The number of anilines is 1. The molecule has 0 fully saturated rings. The van der Waals surface area contributed by atoms with Gasteiger partial charge in [0, 0.05) is 5.69 Å². The van der Waals surface area contributed by atoms with Crippen molar-refractivity contribution in [1.29, 1.82) is 0 Å². The number of carbonyl (C=O) groups excluding carboxylic acids is 1. The number of thiocarbonyl (C=S) groups is 1. The maximum absolute atomic E-state index is 11.0. The van der Waals surface area contributed by atoms with Gasteiger partial charge in [0.05, 0.1) is 13.3 Å². The first-order chi connectivity index (χ1) is 11.7. The largest absolute Gasteiger partial charge is 0.482 e. The third-order valence-corrected chi connectivity index (χ3v) is 3.07. The highest BCUT2D eigenvalue weighted by molar-refractivity contribution is 7.80. The number of esters is 1. The number of nitrogens with one attached hydrogen (secondary N) is 2. The van der Waals surface area contributed by atoms with E-state index in [1.807, 2.05) is 42.5 Å². The van der Waals surface area contributed by atoms with Crippen LogP contribution >= 0.6 is 12.2 Å². The maximum atomic E-state index is 11.0. The fourth-order valence-corrected chi connectivity index (χ4v) is 1.87. The number of hydrazone groups is 1. The molecule has 0 bridgehead atoms. The summed E-state index contributed by atoms with van der Waals surface area (Å²) in [4.78, 5) is 11.0. The molecule has 0 aliphatic rings. The van der Waals surface area contributed by atoms with Crippen molar-refractivity contribution >= 4 is 35.2 Å². The Morgan fingerprint density at radius 2 is 1.88 bits per heavy atom. The zero-order valence-corrected chi connectivity index (χ0v) is 13.9. The first-order valence-electron chi connectivity index (χ1n) is 7.12. The first-order valence-corrected chi connectivity index (χ1v) is 7.53. The van der Waals surface area contributed by atoms with E-state index in [0.29, 0.717) is 10.9 Å². The summed E-state index contributed by atoms with van der Waals surface area (Å²) in [5.41, 5.74) is 4.48. The minimum atomic E-state index is -0.427. The van der Waals surface area contributed by atoms with Gasteiger partial charge in [0.1, 0.15) is 5.75 Å². The summed E-state index contributed by atoms with van der Waals surface area (Å²) in [6, 6.07) is 16.7. The molecule has 0 aliphatic carbocycles. The Morgan fingerprint density at radius 3 is 2.54 bits per heavy atom. The summed E-state index contributed by atoms with van der Waals surface area (Å²) in [7, 11) is 1.31. The molecule has 124 valence electrons. The quantitative estimate of drug-likeness (QED) is 0.363. The highest BCUT2D eigenvalue weighted by atomic mass is 32.1. The van der Waals surface area contributed by atoms with Crippen molar-refractivity contribution in [2.24, 2.45) is 5.10 Å². The molecule has 0 amide bonds. The molecule has 0 saturated carbocycles. The first kappa shape index (κ1) is 17.4.